The average molecular weight is 405 g/mol. The molecule has 0 aromatic heterocycles. The van der Waals surface area contributed by atoms with Gasteiger partial charge in [-0.15, -0.1) is 0 Å². The first-order valence-corrected chi connectivity index (χ1v) is 8.56. The van der Waals surface area contributed by atoms with E-state index in [0.717, 1.165) is 12.1 Å². The summed E-state index contributed by atoms with van der Waals surface area (Å²) in [5.41, 5.74) is -0.237. The first-order valence-electron chi connectivity index (χ1n) is 6.28. The van der Waals surface area contributed by atoms with E-state index in [1.54, 1.807) is 12.1 Å². The topological polar surface area (TPSA) is 75.3 Å². The third-order valence-corrected chi connectivity index (χ3v) is 4.70. The van der Waals surface area contributed by atoms with Crippen molar-refractivity contribution in [3.63, 3.8) is 0 Å². The smallest absolute Gasteiger partial charge is 0.241 e. The molecule has 0 aliphatic heterocycles. The van der Waals surface area contributed by atoms with Gasteiger partial charge in [0.2, 0.25) is 15.9 Å². The molecule has 2 N–H and O–H groups in total. The zero-order valence-electron chi connectivity index (χ0n) is 11.5. The second-order valence-electron chi connectivity index (χ2n) is 4.45. The molecule has 2 rings (SSSR count). The highest BCUT2D eigenvalue weighted by molar-refractivity contribution is 9.10. The summed E-state index contributed by atoms with van der Waals surface area (Å²) in [5, 5.41) is 2.16. The van der Waals surface area contributed by atoms with E-state index in [4.69, 9.17) is 0 Å². The number of anilines is 1. The molecular formula is C14H11BrF2N2O3S. The number of carbonyl (C=O) groups is 1. The second-order valence-corrected chi connectivity index (χ2v) is 7.13. The van der Waals surface area contributed by atoms with Crippen LogP contribution in [0.5, 0.6) is 0 Å². The Morgan fingerprint density at radius 3 is 2.35 bits per heavy atom. The summed E-state index contributed by atoms with van der Waals surface area (Å²) < 4.78 is 52.9. The van der Waals surface area contributed by atoms with Crippen LogP contribution in [0, 0.1) is 11.6 Å². The van der Waals surface area contributed by atoms with Crippen molar-refractivity contribution in [1.82, 2.24) is 4.72 Å². The van der Waals surface area contributed by atoms with Crippen LogP contribution in [-0.2, 0) is 14.8 Å². The lowest BCUT2D eigenvalue weighted by atomic mass is 10.3. The first-order chi connectivity index (χ1) is 10.8. The molecule has 0 spiro atoms. The fourth-order valence-corrected chi connectivity index (χ4v) is 2.89. The Bertz CT molecular complexity index is 826. The minimum Gasteiger partial charge on any atom is -0.322 e. The van der Waals surface area contributed by atoms with Gasteiger partial charge in [-0.1, -0.05) is 15.9 Å². The molecule has 0 aliphatic rings. The number of rotatable bonds is 5. The second kappa shape index (κ2) is 7.16. The Balaban J connectivity index is 1.99. The number of amides is 1. The van der Waals surface area contributed by atoms with Gasteiger partial charge in [-0.3, -0.25) is 4.79 Å². The summed E-state index contributed by atoms with van der Waals surface area (Å²) in [6.45, 7) is -0.588. The molecular weight excluding hydrogens is 394 g/mol. The van der Waals surface area contributed by atoms with Gasteiger partial charge in [0.15, 0.2) is 0 Å². The van der Waals surface area contributed by atoms with Crippen LogP contribution < -0.4 is 10.0 Å². The van der Waals surface area contributed by atoms with E-state index in [1.165, 1.54) is 12.1 Å². The Morgan fingerprint density at radius 1 is 1.09 bits per heavy atom. The van der Waals surface area contributed by atoms with Gasteiger partial charge in [0.1, 0.15) is 11.6 Å². The zero-order valence-corrected chi connectivity index (χ0v) is 13.9. The molecule has 0 radical (unpaired) electrons. The van der Waals surface area contributed by atoms with Crippen LogP contribution in [0.1, 0.15) is 0 Å². The molecule has 0 heterocycles. The van der Waals surface area contributed by atoms with E-state index < -0.39 is 34.1 Å². The van der Waals surface area contributed by atoms with E-state index in [1.807, 2.05) is 0 Å². The lowest BCUT2D eigenvalue weighted by molar-refractivity contribution is -0.115. The molecule has 1 amide bonds. The lowest BCUT2D eigenvalue weighted by Crippen LogP contribution is -2.33. The van der Waals surface area contributed by atoms with Crippen molar-refractivity contribution in [3.05, 3.63) is 58.6 Å². The maximum atomic E-state index is 13.4. The van der Waals surface area contributed by atoms with Gasteiger partial charge in [0.25, 0.3) is 0 Å². The molecule has 0 saturated carbocycles. The Labute approximate surface area is 139 Å². The normalized spacial score (nSPS) is 11.3. The van der Waals surface area contributed by atoms with E-state index in [2.05, 4.69) is 26.0 Å². The molecule has 9 heteroatoms. The zero-order chi connectivity index (χ0) is 17.0. The van der Waals surface area contributed by atoms with E-state index in [0.29, 0.717) is 10.5 Å². The van der Waals surface area contributed by atoms with Crippen molar-refractivity contribution in [1.29, 1.82) is 0 Å². The van der Waals surface area contributed by atoms with Gasteiger partial charge in [0, 0.05) is 10.5 Å². The molecule has 122 valence electrons. The summed E-state index contributed by atoms with van der Waals surface area (Å²) in [5.74, 6) is -2.51. The molecule has 0 saturated heterocycles. The van der Waals surface area contributed by atoms with Gasteiger partial charge in [-0.25, -0.2) is 21.9 Å². The molecule has 0 atom stereocenters. The lowest BCUT2D eigenvalue weighted by Gasteiger charge is -2.08. The van der Waals surface area contributed by atoms with Crippen LogP contribution >= 0.6 is 15.9 Å². The van der Waals surface area contributed by atoms with E-state index in [9.17, 15) is 22.0 Å². The predicted octanol–water partition coefficient (Wildman–Crippen LogP) is 2.64. The molecule has 2 aromatic rings. The van der Waals surface area contributed by atoms with E-state index in [-0.39, 0.29) is 10.6 Å². The van der Waals surface area contributed by atoms with Crippen LogP contribution in [0.3, 0.4) is 0 Å². The van der Waals surface area contributed by atoms with Crippen LogP contribution in [0.25, 0.3) is 0 Å². The highest BCUT2D eigenvalue weighted by Crippen LogP contribution is 2.16. The fraction of sp³-hybridized carbons (Fsp3) is 0.0714. The van der Waals surface area contributed by atoms with Crippen molar-refractivity contribution in [2.24, 2.45) is 0 Å². The SMILES string of the molecule is O=C(CNS(=O)(=O)c1ccc(Br)cc1)Nc1ccc(F)cc1F. The molecule has 0 bridgehead atoms. The van der Waals surface area contributed by atoms with Crippen molar-refractivity contribution in [3.8, 4) is 0 Å². The summed E-state index contributed by atoms with van der Waals surface area (Å²) in [6, 6.07) is 8.46. The predicted molar refractivity (Wildman–Crippen MR) is 84.3 cm³/mol. The minimum atomic E-state index is -3.87. The van der Waals surface area contributed by atoms with Crippen molar-refractivity contribution in [2.45, 2.75) is 4.90 Å². The molecule has 0 fully saturated rings. The number of sulfonamides is 1. The van der Waals surface area contributed by atoms with Gasteiger partial charge >= 0.3 is 0 Å². The molecule has 2 aromatic carbocycles. The quantitative estimate of drug-likeness (QED) is 0.804. The van der Waals surface area contributed by atoms with Crippen LogP contribution in [0.4, 0.5) is 14.5 Å². The molecule has 5 nitrogen and oxygen atoms in total. The molecule has 0 unspecified atom stereocenters. The highest BCUT2D eigenvalue weighted by atomic mass is 79.9. The van der Waals surface area contributed by atoms with Crippen LogP contribution in [0.15, 0.2) is 51.8 Å². The number of hydrogen-bond donors (Lipinski definition) is 2. The third-order valence-electron chi connectivity index (χ3n) is 2.75. The average Bonchev–Trinajstić information content (AvgIpc) is 2.49. The third kappa shape index (κ3) is 4.81. The Hall–Kier alpha value is -1.84. The number of carbonyl (C=O) groups excluding carboxylic acids is 1. The van der Waals surface area contributed by atoms with Crippen molar-refractivity contribution in [2.75, 3.05) is 11.9 Å². The molecule has 23 heavy (non-hydrogen) atoms. The van der Waals surface area contributed by atoms with Gasteiger partial charge in [-0.05, 0) is 36.4 Å². The van der Waals surface area contributed by atoms with Gasteiger partial charge in [-0.2, -0.15) is 0 Å². The number of benzene rings is 2. The maximum absolute atomic E-state index is 13.4. The first kappa shape index (κ1) is 17.5. The number of hydrogen-bond acceptors (Lipinski definition) is 3. The highest BCUT2D eigenvalue weighted by Gasteiger charge is 2.16. The van der Waals surface area contributed by atoms with Crippen LogP contribution in [-0.4, -0.2) is 20.9 Å². The summed E-state index contributed by atoms with van der Waals surface area (Å²) in [4.78, 5) is 11.7. The summed E-state index contributed by atoms with van der Waals surface area (Å²) >= 11 is 3.18. The van der Waals surface area contributed by atoms with Gasteiger partial charge < -0.3 is 5.32 Å². The maximum Gasteiger partial charge on any atom is 0.241 e. The standard InChI is InChI=1S/C14H11BrF2N2O3S/c15-9-1-4-11(5-2-9)23(21,22)18-8-14(20)19-13-6-3-10(16)7-12(13)17/h1-7,18H,8H2,(H,19,20). The number of nitrogens with one attached hydrogen (secondary N) is 2. The molecule has 0 aliphatic carbocycles. The van der Waals surface area contributed by atoms with Gasteiger partial charge in [0.05, 0.1) is 17.1 Å². The number of halogens is 3. The Kier molecular flexibility index (Phi) is 5.45. The summed E-state index contributed by atoms with van der Waals surface area (Å²) in [6.07, 6.45) is 0. The van der Waals surface area contributed by atoms with Crippen molar-refractivity contribution >= 4 is 37.5 Å². The summed E-state index contributed by atoms with van der Waals surface area (Å²) in [7, 11) is -3.87. The monoisotopic (exact) mass is 404 g/mol. The largest absolute Gasteiger partial charge is 0.322 e. The Morgan fingerprint density at radius 2 is 1.74 bits per heavy atom. The fourth-order valence-electron chi connectivity index (χ4n) is 1.64. The minimum absolute atomic E-state index is 0.0125. The van der Waals surface area contributed by atoms with Crippen molar-refractivity contribution < 1.29 is 22.0 Å². The van der Waals surface area contributed by atoms with E-state index >= 15 is 0 Å². The van der Waals surface area contributed by atoms with Crippen LogP contribution in [0.2, 0.25) is 0 Å².